The normalized spacial score (nSPS) is 28.7. The van der Waals surface area contributed by atoms with E-state index in [-0.39, 0.29) is 18.4 Å². The fourth-order valence-corrected chi connectivity index (χ4v) is 3.63. The number of carbonyl (C=O) groups excluding carboxylic acids is 1. The van der Waals surface area contributed by atoms with Crippen LogP contribution in [0, 0.1) is 11.8 Å². The number of amides is 1. The number of hydrogen-bond donors (Lipinski definition) is 1. The van der Waals surface area contributed by atoms with E-state index < -0.39 is 18.0 Å². The number of hydrogen-bond acceptors (Lipinski definition) is 3. The van der Waals surface area contributed by atoms with E-state index in [1.165, 1.54) is 0 Å². The molecule has 134 valence electrons. The summed E-state index contributed by atoms with van der Waals surface area (Å²) in [5, 5.41) is 9.67. The average molecular weight is 336 g/mol. The highest BCUT2D eigenvalue weighted by atomic mass is 19.4. The number of rotatable bonds is 4. The van der Waals surface area contributed by atoms with Crippen LogP contribution in [0.25, 0.3) is 0 Å². The Morgan fingerprint density at radius 3 is 2.35 bits per heavy atom. The van der Waals surface area contributed by atoms with Crippen LogP contribution in [-0.4, -0.2) is 65.8 Å². The van der Waals surface area contributed by atoms with Gasteiger partial charge in [-0.05, 0) is 19.3 Å². The first-order chi connectivity index (χ1) is 10.8. The molecule has 1 aliphatic carbocycles. The number of carbonyl (C=O) groups is 1. The monoisotopic (exact) mass is 336 g/mol. The van der Waals surface area contributed by atoms with Crippen LogP contribution in [0.1, 0.15) is 39.0 Å². The van der Waals surface area contributed by atoms with E-state index in [1.807, 2.05) is 6.92 Å². The van der Waals surface area contributed by atoms with E-state index in [0.29, 0.717) is 58.4 Å². The Kier molecular flexibility index (Phi) is 6.31. The summed E-state index contributed by atoms with van der Waals surface area (Å²) in [6.45, 7) is 4.61. The van der Waals surface area contributed by atoms with Gasteiger partial charge in [0.25, 0.3) is 0 Å². The van der Waals surface area contributed by atoms with Gasteiger partial charge in [0.05, 0.1) is 12.0 Å². The number of aliphatic hydroxyl groups excluding tert-OH is 1. The lowest BCUT2D eigenvalue weighted by atomic mass is 9.78. The molecule has 2 aliphatic rings. The van der Waals surface area contributed by atoms with Gasteiger partial charge >= 0.3 is 6.18 Å². The maximum atomic E-state index is 13.2. The summed E-state index contributed by atoms with van der Waals surface area (Å²) in [5.74, 6) is -2.72. The molecule has 0 bridgehead atoms. The van der Waals surface area contributed by atoms with Crippen LogP contribution < -0.4 is 0 Å². The molecule has 0 aromatic heterocycles. The fourth-order valence-electron chi connectivity index (χ4n) is 3.63. The highest BCUT2D eigenvalue weighted by Crippen LogP contribution is 2.42. The lowest BCUT2D eigenvalue weighted by molar-refractivity contribution is -0.201. The minimum Gasteiger partial charge on any atom is -0.392 e. The third kappa shape index (κ3) is 4.83. The van der Waals surface area contributed by atoms with E-state index in [9.17, 15) is 23.1 Å². The van der Waals surface area contributed by atoms with Crippen molar-refractivity contribution in [1.82, 2.24) is 9.80 Å². The van der Waals surface area contributed by atoms with Gasteiger partial charge in [0.2, 0.25) is 5.91 Å². The molecule has 2 fully saturated rings. The third-order valence-electron chi connectivity index (χ3n) is 5.13. The fraction of sp³-hybridized carbons (Fsp3) is 0.938. The van der Waals surface area contributed by atoms with Crippen molar-refractivity contribution in [3.63, 3.8) is 0 Å². The quantitative estimate of drug-likeness (QED) is 0.856. The molecule has 0 spiro atoms. The molecule has 23 heavy (non-hydrogen) atoms. The van der Waals surface area contributed by atoms with E-state index in [1.54, 1.807) is 4.90 Å². The lowest BCUT2D eigenvalue weighted by Crippen LogP contribution is -2.53. The molecule has 3 atom stereocenters. The number of piperazine rings is 1. The number of β-amino-alcohol motifs (C(OH)–C–C–N with tert-alkyl or cyclic N) is 1. The second-order valence-electron chi connectivity index (χ2n) is 6.73. The molecule has 1 amide bonds. The minimum absolute atomic E-state index is 0.0720. The topological polar surface area (TPSA) is 43.8 Å². The summed E-state index contributed by atoms with van der Waals surface area (Å²) >= 11 is 0. The Hall–Kier alpha value is -0.820. The van der Waals surface area contributed by atoms with Crippen LogP contribution in [-0.2, 0) is 4.79 Å². The summed E-state index contributed by atoms with van der Waals surface area (Å²) in [5.41, 5.74) is 0. The molecule has 4 nitrogen and oxygen atoms in total. The zero-order chi connectivity index (χ0) is 17.0. The molecule has 0 radical (unpaired) electrons. The maximum absolute atomic E-state index is 13.2. The van der Waals surface area contributed by atoms with Crippen molar-refractivity contribution in [3.8, 4) is 0 Å². The second kappa shape index (κ2) is 7.83. The van der Waals surface area contributed by atoms with E-state index in [0.717, 1.165) is 0 Å². The zero-order valence-corrected chi connectivity index (χ0v) is 13.7. The molecule has 1 heterocycles. The molecule has 0 aromatic rings. The van der Waals surface area contributed by atoms with Crippen molar-refractivity contribution >= 4 is 5.91 Å². The smallest absolute Gasteiger partial charge is 0.392 e. The lowest BCUT2D eigenvalue weighted by Gasteiger charge is -2.40. The molecule has 2 rings (SSSR count). The first-order valence-electron chi connectivity index (χ1n) is 8.58. The average Bonchev–Trinajstić information content (AvgIpc) is 2.54. The first kappa shape index (κ1) is 18.5. The van der Waals surface area contributed by atoms with Crippen LogP contribution in [0.3, 0.4) is 0 Å². The van der Waals surface area contributed by atoms with Gasteiger partial charge in [0.1, 0.15) is 0 Å². The third-order valence-corrected chi connectivity index (χ3v) is 5.13. The Labute approximate surface area is 135 Å². The summed E-state index contributed by atoms with van der Waals surface area (Å²) in [6.07, 6.45) is -2.32. The van der Waals surface area contributed by atoms with Gasteiger partial charge in [-0.15, -0.1) is 0 Å². The molecular weight excluding hydrogens is 309 g/mol. The molecule has 0 unspecified atom stereocenters. The predicted octanol–water partition coefficient (Wildman–Crippen LogP) is 2.27. The van der Waals surface area contributed by atoms with Gasteiger partial charge in [-0.1, -0.05) is 19.8 Å². The number of nitrogens with zero attached hydrogens (tertiary/aromatic N) is 2. The first-order valence-corrected chi connectivity index (χ1v) is 8.58. The van der Waals surface area contributed by atoms with Crippen LogP contribution in [0.5, 0.6) is 0 Å². The van der Waals surface area contributed by atoms with Crippen LogP contribution in [0.15, 0.2) is 0 Å². The molecule has 1 saturated carbocycles. The van der Waals surface area contributed by atoms with Gasteiger partial charge in [-0.2, -0.15) is 13.2 Å². The summed E-state index contributed by atoms with van der Waals surface area (Å²) < 4.78 is 39.5. The Bertz CT molecular complexity index is 395. The Balaban J connectivity index is 1.90. The van der Waals surface area contributed by atoms with E-state index in [2.05, 4.69) is 4.90 Å². The van der Waals surface area contributed by atoms with Crippen molar-refractivity contribution in [1.29, 1.82) is 0 Å². The van der Waals surface area contributed by atoms with Gasteiger partial charge in [-0.25, -0.2) is 0 Å². The van der Waals surface area contributed by atoms with Crippen molar-refractivity contribution in [2.24, 2.45) is 11.8 Å². The summed E-state index contributed by atoms with van der Waals surface area (Å²) in [7, 11) is 0. The number of halogens is 3. The van der Waals surface area contributed by atoms with Gasteiger partial charge in [0, 0.05) is 38.6 Å². The Morgan fingerprint density at radius 1 is 1.17 bits per heavy atom. The van der Waals surface area contributed by atoms with E-state index in [4.69, 9.17) is 0 Å². The number of aliphatic hydroxyl groups is 1. The molecular formula is C16H27F3N2O2. The molecule has 7 heteroatoms. The van der Waals surface area contributed by atoms with Gasteiger partial charge in [-0.3, -0.25) is 9.69 Å². The van der Waals surface area contributed by atoms with Crippen molar-refractivity contribution < 1.29 is 23.1 Å². The van der Waals surface area contributed by atoms with Crippen LogP contribution in [0.2, 0.25) is 0 Å². The summed E-state index contributed by atoms with van der Waals surface area (Å²) in [6, 6.07) is 0. The molecule has 0 aromatic carbocycles. The summed E-state index contributed by atoms with van der Waals surface area (Å²) in [4.78, 5) is 16.2. The largest absolute Gasteiger partial charge is 0.392 e. The van der Waals surface area contributed by atoms with Gasteiger partial charge < -0.3 is 10.0 Å². The molecule has 1 saturated heterocycles. The highest BCUT2D eigenvalue weighted by molar-refractivity contribution is 5.79. The van der Waals surface area contributed by atoms with Crippen molar-refractivity contribution in [2.45, 2.75) is 51.3 Å². The second-order valence-corrected chi connectivity index (χ2v) is 6.73. The molecule has 1 aliphatic heterocycles. The Morgan fingerprint density at radius 2 is 1.78 bits per heavy atom. The van der Waals surface area contributed by atoms with Gasteiger partial charge in [0.15, 0.2) is 0 Å². The SMILES string of the molecule is CC[C@H](O)CN1CCN(C(=O)[C@H]2CCCC[C@H]2C(F)(F)F)CC1. The van der Waals surface area contributed by atoms with Crippen LogP contribution >= 0.6 is 0 Å². The van der Waals surface area contributed by atoms with Crippen molar-refractivity contribution in [2.75, 3.05) is 32.7 Å². The van der Waals surface area contributed by atoms with Crippen molar-refractivity contribution in [3.05, 3.63) is 0 Å². The van der Waals surface area contributed by atoms with Crippen LogP contribution in [0.4, 0.5) is 13.2 Å². The zero-order valence-electron chi connectivity index (χ0n) is 13.7. The molecule has 1 N–H and O–H groups in total. The minimum atomic E-state index is -4.28. The highest BCUT2D eigenvalue weighted by Gasteiger charge is 2.49. The standard InChI is InChI=1S/C16H27F3N2O2/c1-2-12(22)11-20-7-9-21(10-8-20)15(23)13-5-3-4-6-14(13)16(17,18)19/h12-14,22H,2-11H2,1H3/t12-,13-,14+/m0/s1. The predicted molar refractivity (Wildman–Crippen MR) is 80.8 cm³/mol. The maximum Gasteiger partial charge on any atom is 0.392 e. The number of alkyl halides is 3. The van der Waals surface area contributed by atoms with E-state index >= 15 is 0 Å².